The Kier molecular flexibility index (Phi) is 10.7. The van der Waals surface area contributed by atoms with E-state index in [4.69, 9.17) is 16.3 Å². The van der Waals surface area contributed by atoms with Crippen LogP contribution in [0.15, 0.2) is 71.6 Å². The van der Waals surface area contributed by atoms with Crippen LogP contribution in [0.5, 0.6) is 5.75 Å². The van der Waals surface area contributed by atoms with E-state index >= 15 is 0 Å². The van der Waals surface area contributed by atoms with E-state index in [0.717, 1.165) is 15.4 Å². The van der Waals surface area contributed by atoms with E-state index in [1.807, 2.05) is 40.7 Å². The number of carbonyl (C=O) groups excluding carboxylic acids is 2. The van der Waals surface area contributed by atoms with Gasteiger partial charge in [0.2, 0.25) is 11.8 Å². The Labute approximate surface area is 254 Å². The van der Waals surface area contributed by atoms with Crippen LogP contribution in [0.1, 0.15) is 50.8 Å². The zero-order chi connectivity index (χ0) is 31.2. The lowest BCUT2D eigenvalue weighted by Crippen LogP contribution is -2.55. The second-order valence-electron chi connectivity index (χ2n) is 11.2. The molecular formula is C32H40ClN3O5S. The third kappa shape index (κ3) is 8.04. The maximum atomic E-state index is 14.3. The summed E-state index contributed by atoms with van der Waals surface area (Å²) in [5.41, 5.74) is 1.89. The molecule has 0 aliphatic rings. The van der Waals surface area contributed by atoms with Crippen LogP contribution in [0.3, 0.4) is 0 Å². The van der Waals surface area contributed by atoms with Crippen LogP contribution in [-0.4, -0.2) is 50.4 Å². The first kappa shape index (κ1) is 32.9. The first-order chi connectivity index (χ1) is 19.7. The molecule has 10 heteroatoms. The van der Waals surface area contributed by atoms with Crippen LogP contribution >= 0.6 is 11.6 Å². The van der Waals surface area contributed by atoms with Crippen LogP contribution in [0.4, 0.5) is 5.69 Å². The van der Waals surface area contributed by atoms with Crippen molar-refractivity contribution in [2.24, 2.45) is 0 Å². The minimum atomic E-state index is -4.20. The maximum Gasteiger partial charge on any atom is 0.264 e. The molecule has 1 N–H and O–H groups in total. The van der Waals surface area contributed by atoms with Crippen molar-refractivity contribution in [2.75, 3.05) is 18.0 Å². The van der Waals surface area contributed by atoms with E-state index in [1.54, 1.807) is 62.6 Å². The molecule has 3 rings (SSSR count). The summed E-state index contributed by atoms with van der Waals surface area (Å²) < 4.78 is 34.6. The molecule has 0 saturated heterocycles. The van der Waals surface area contributed by atoms with Gasteiger partial charge in [-0.05, 0) is 88.6 Å². The third-order valence-corrected chi connectivity index (χ3v) is 8.95. The number of ether oxygens (including phenoxy) is 1. The fourth-order valence-corrected chi connectivity index (χ4v) is 6.20. The normalized spacial score (nSPS) is 12.4. The molecule has 0 radical (unpaired) electrons. The highest BCUT2D eigenvalue weighted by molar-refractivity contribution is 7.92. The number of nitrogens with one attached hydrogen (secondary N) is 1. The lowest BCUT2D eigenvalue weighted by molar-refractivity contribution is -0.141. The number of nitrogens with zero attached hydrogens (tertiary/aromatic N) is 2. The fourth-order valence-electron chi connectivity index (χ4n) is 4.56. The molecule has 3 aromatic rings. The second kappa shape index (κ2) is 13.6. The SMILES string of the molecule is CCC(C(=O)NC(C)(C)C)N(Cc1cccc(OC)c1)C(=O)CN(c1cccc(Cl)c1C)S(=O)(=O)c1ccc(C)cc1. The van der Waals surface area contributed by atoms with Gasteiger partial charge in [-0.3, -0.25) is 13.9 Å². The Bertz CT molecular complexity index is 1520. The van der Waals surface area contributed by atoms with E-state index in [1.165, 1.54) is 17.0 Å². The van der Waals surface area contributed by atoms with Gasteiger partial charge in [-0.25, -0.2) is 8.42 Å². The lowest BCUT2D eigenvalue weighted by atomic mass is 10.1. The minimum absolute atomic E-state index is 0.0390. The zero-order valence-electron chi connectivity index (χ0n) is 25.3. The van der Waals surface area contributed by atoms with Crippen molar-refractivity contribution >= 4 is 39.1 Å². The number of sulfonamides is 1. The summed E-state index contributed by atoms with van der Waals surface area (Å²) in [6, 6.07) is 17.7. The van der Waals surface area contributed by atoms with E-state index in [0.29, 0.717) is 22.8 Å². The zero-order valence-corrected chi connectivity index (χ0v) is 26.8. The quantitative estimate of drug-likeness (QED) is 0.291. The molecule has 1 unspecified atom stereocenters. The summed E-state index contributed by atoms with van der Waals surface area (Å²) in [4.78, 5) is 29.2. The largest absolute Gasteiger partial charge is 0.497 e. The third-order valence-electron chi connectivity index (χ3n) is 6.77. The van der Waals surface area contributed by atoms with Gasteiger partial charge in [0.05, 0.1) is 17.7 Å². The van der Waals surface area contributed by atoms with E-state index < -0.39 is 34.1 Å². The van der Waals surface area contributed by atoms with Gasteiger partial charge in [-0.1, -0.05) is 54.4 Å². The number of anilines is 1. The van der Waals surface area contributed by atoms with Gasteiger partial charge >= 0.3 is 0 Å². The Balaban J connectivity index is 2.12. The number of rotatable bonds is 11. The van der Waals surface area contributed by atoms with Gasteiger partial charge in [0.1, 0.15) is 18.3 Å². The van der Waals surface area contributed by atoms with Gasteiger partial charge < -0.3 is 15.0 Å². The lowest BCUT2D eigenvalue weighted by Gasteiger charge is -2.35. The molecule has 0 aliphatic carbocycles. The molecule has 0 bridgehead atoms. The molecule has 0 spiro atoms. The molecule has 2 amide bonds. The van der Waals surface area contributed by atoms with Crippen molar-refractivity contribution in [1.29, 1.82) is 0 Å². The summed E-state index contributed by atoms with van der Waals surface area (Å²) in [6.45, 7) is 10.5. The van der Waals surface area contributed by atoms with E-state index in [-0.39, 0.29) is 23.0 Å². The predicted octanol–water partition coefficient (Wildman–Crippen LogP) is 5.88. The molecule has 0 fully saturated rings. The van der Waals surface area contributed by atoms with E-state index in [2.05, 4.69) is 5.32 Å². The number of amides is 2. The molecule has 8 nitrogen and oxygen atoms in total. The molecule has 3 aromatic carbocycles. The first-order valence-electron chi connectivity index (χ1n) is 13.8. The van der Waals surface area contributed by atoms with Crippen LogP contribution < -0.4 is 14.4 Å². The van der Waals surface area contributed by atoms with Crippen molar-refractivity contribution in [2.45, 2.75) is 71.0 Å². The number of hydrogen-bond donors (Lipinski definition) is 1. The van der Waals surface area contributed by atoms with Crippen molar-refractivity contribution < 1.29 is 22.7 Å². The molecular weight excluding hydrogens is 574 g/mol. The van der Waals surface area contributed by atoms with Gasteiger partial charge in [-0.15, -0.1) is 0 Å². The van der Waals surface area contributed by atoms with Crippen molar-refractivity contribution in [3.63, 3.8) is 0 Å². The Hall–Kier alpha value is -3.56. The van der Waals surface area contributed by atoms with Gasteiger partial charge in [0.15, 0.2) is 0 Å². The maximum absolute atomic E-state index is 14.3. The molecule has 0 aromatic heterocycles. The highest BCUT2D eigenvalue weighted by atomic mass is 35.5. The monoisotopic (exact) mass is 613 g/mol. The van der Waals surface area contributed by atoms with Crippen molar-refractivity contribution in [3.8, 4) is 5.75 Å². The average Bonchev–Trinajstić information content (AvgIpc) is 2.92. The summed E-state index contributed by atoms with van der Waals surface area (Å²) in [6.07, 6.45) is 0.318. The molecule has 226 valence electrons. The second-order valence-corrected chi connectivity index (χ2v) is 13.5. The Morgan fingerprint density at radius 3 is 2.24 bits per heavy atom. The molecule has 0 aliphatic heterocycles. The Morgan fingerprint density at radius 2 is 1.64 bits per heavy atom. The predicted molar refractivity (Wildman–Crippen MR) is 167 cm³/mol. The average molecular weight is 614 g/mol. The standard InChI is InChI=1S/C32H40ClN3O5S/c1-8-28(31(38)34-32(4,5)6)35(20-24-11-9-12-25(19-24)41-7)30(37)21-36(29-14-10-13-27(33)23(29)3)42(39,40)26-17-15-22(2)16-18-26/h9-19,28H,8,20-21H2,1-7H3,(H,34,38). The topological polar surface area (TPSA) is 96.0 Å². The number of halogens is 1. The number of benzene rings is 3. The highest BCUT2D eigenvalue weighted by Crippen LogP contribution is 2.31. The molecule has 1 atom stereocenters. The Morgan fingerprint density at radius 1 is 1.00 bits per heavy atom. The molecule has 0 heterocycles. The number of hydrogen-bond acceptors (Lipinski definition) is 5. The number of carbonyl (C=O) groups is 2. The van der Waals surface area contributed by atoms with Crippen LogP contribution in [-0.2, 0) is 26.2 Å². The van der Waals surface area contributed by atoms with Gasteiger partial charge in [0, 0.05) is 17.1 Å². The summed E-state index contributed by atoms with van der Waals surface area (Å²) in [5, 5.41) is 3.34. The number of aryl methyl sites for hydroxylation is 1. The summed E-state index contributed by atoms with van der Waals surface area (Å²) in [7, 11) is -2.65. The first-order valence-corrected chi connectivity index (χ1v) is 15.6. The van der Waals surface area contributed by atoms with E-state index in [9.17, 15) is 18.0 Å². The van der Waals surface area contributed by atoms with Gasteiger partial charge in [0.25, 0.3) is 10.0 Å². The molecule has 42 heavy (non-hydrogen) atoms. The molecule has 0 saturated carbocycles. The van der Waals surface area contributed by atoms with Gasteiger partial charge in [-0.2, -0.15) is 0 Å². The summed E-state index contributed by atoms with van der Waals surface area (Å²) >= 11 is 6.40. The smallest absolute Gasteiger partial charge is 0.264 e. The van der Waals surface area contributed by atoms with Crippen LogP contribution in [0, 0.1) is 13.8 Å². The van der Waals surface area contributed by atoms with Crippen molar-refractivity contribution in [3.05, 3.63) is 88.4 Å². The van der Waals surface area contributed by atoms with Crippen molar-refractivity contribution in [1.82, 2.24) is 10.2 Å². The van der Waals surface area contributed by atoms with Crippen LogP contribution in [0.2, 0.25) is 5.02 Å². The van der Waals surface area contributed by atoms with Crippen LogP contribution in [0.25, 0.3) is 0 Å². The summed E-state index contributed by atoms with van der Waals surface area (Å²) in [5.74, 6) is -0.262. The fraction of sp³-hybridized carbons (Fsp3) is 0.375. The highest BCUT2D eigenvalue weighted by Gasteiger charge is 2.35. The minimum Gasteiger partial charge on any atom is -0.497 e. The number of methoxy groups -OCH3 is 1.